The molecule has 1 aliphatic heterocycles. The number of nitrogens with one attached hydrogen (secondary N) is 1. The second kappa shape index (κ2) is 9.03. The number of nitrogens with zero attached hydrogens (tertiary/aromatic N) is 2. The maximum absolute atomic E-state index is 13.4. The van der Waals surface area contributed by atoms with E-state index in [2.05, 4.69) is 10.3 Å². The lowest BCUT2D eigenvalue weighted by Gasteiger charge is -2.32. The van der Waals surface area contributed by atoms with Gasteiger partial charge in [-0.05, 0) is 32.0 Å². The number of hydrogen-bond donors (Lipinski definition) is 1. The van der Waals surface area contributed by atoms with Gasteiger partial charge in [0.15, 0.2) is 0 Å². The minimum atomic E-state index is -0.390. The topological polar surface area (TPSA) is 80.8 Å². The number of ether oxygens (including phenoxy) is 2. The molecule has 0 saturated carbocycles. The van der Waals surface area contributed by atoms with Gasteiger partial charge in [0.25, 0.3) is 5.91 Å². The van der Waals surface area contributed by atoms with Gasteiger partial charge in [-0.15, -0.1) is 11.3 Å². The molecule has 31 heavy (non-hydrogen) atoms. The molecule has 2 amide bonds. The summed E-state index contributed by atoms with van der Waals surface area (Å²) in [6, 6.07) is 11.2. The van der Waals surface area contributed by atoms with E-state index in [9.17, 15) is 9.59 Å². The quantitative estimate of drug-likeness (QED) is 0.643. The minimum Gasteiger partial charge on any atom is -0.489 e. The number of thiophene rings is 1. The fourth-order valence-corrected chi connectivity index (χ4v) is 4.74. The fourth-order valence-electron chi connectivity index (χ4n) is 3.66. The Hall–Kier alpha value is -2.97. The Morgan fingerprint density at radius 2 is 2.06 bits per heavy atom. The maximum atomic E-state index is 13.4. The summed E-state index contributed by atoms with van der Waals surface area (Å²) >= 11 is 1.33. The molecule has 1 saturated heterocycles. The third-order valence-corrected chi connectivity index (χ3v) is 6.17. The molecule has 7 nitrogen and oxygen atoms in total. The summed E-state index contributed by atoms with van der Waals surface area (Å²) in [6.07, 6.45) is 1.30. The normalized spacial score (nSPS) is 16.5. The summed E-state index contributed by atoms with van der Waals surface area (Å²) in [5.41, 5.74) is 1.38. The minimum absolute atomic E-state index is 0.00303. The van der Waals surface area contributed by atoms with E-state index >= 15 is 0 Å². The molecule has 3 heterocycles. The van der Waals surface area contributed by atoms with Gasteiger partial charge in [0.1, 0.15) is 21.6 Å². The first-order valence-corrected chi connectivity index (χ1v) is 11.1. The van der Waals surface area contributed by atoms with Gasteiger partial charge in [-0.1, -0.05) is 18.2 Å². The van der Waals surface area contributed by atoms with E-state index < -0.39 is 6.10 Å². The van der Waals surface area contributed by atoms with Crippen LogP contribution in [0.25, 0.3) is 10.2 Å². The molecule has 0 radical (unpaired) electrons. The number of aromatic nitrogens is 1. The Labute approximate surface area is 185 Å². The number of morpholine rings is 1. The van der Waals surface area contributed by atoms with E-state index in [0.717, 1.165) is 15.8 Å². The summed E-state index contributed by atoms with van der Waals surface area (Å²) in [7, 11) is 0. The Morgan fingerprint density at radius 1 is 1.26 bits per heavy atom. The van der Waals surface area contributed by atoms with Crippen LogP contribution >= 0.6 is 11.3 Å². The highest BCUT2D eigenvalue weighted by molar-refractivity contribution is 7.20. The predicted octanol–water partition coefficient (Wildman–Crippen LogP) is 4.26. The van der Waals surface area contributed by atoms with Gasteiger partial charge in [-0.25, -0.2) is 4.98 Å². The highest BCUT2D eigenvalue weighted by Crippen LogP contribution is 2.38. The van der Waals surface area contributed by atoms with Gasteiger partial charge in [-0.2, -0.15) is 0 Å². The van der Waals surface area contributed by atoms with Crippen LogP contribution in [0.3, 0.4) is 0 Å². The van der Waals surface area contributed by atoms with Crippen molar-refractivity contribution < 1.29 is 19.1 Å². The van der Waals surface area contributed by atoms with Crippen LogP contribution in [0.15, 0.2) is 42.6 Å². The molecule has 0 aliphatic carbocycles. The number of rotatable bonds is 5. The third-order valence-electron chi connectivity index (χ3n) is 5.04. The average Bonchev–Trinajstić information content (AvgIpc) is 3.14. The van der Waals surface area contributed by atoms with E-state index in [-0.39, 0.29) is 17.9 Å². The van der Waals surface area contributed by atoms with Crippen LogP contribution in [0.5, 0.6) is 5.75 Å². The molecule has 1 aromatic carbocycles. The van der Waals surface area contributed by atoms with E-state index in [4.69, 9.17) is 9.47 Å². The molecule has 1 atom stereocenters. The molecular formula is C23H25N3O4S. The Morgan fingerprint density at radius 3 is 2.84 bits per heavy atom. The zero-order valence-corrected chi connectivity index (χ0v) is 18.6. The van der Waals surface area contributed by atoms with Crippen LogP contribution in [0.2, 0.25) is 0 Å². The summed E-state index contributed by atoms with van der Waals surface area (Å²) in [5.74, 6) is 0.362. The number of pyridine rings is 1. The zero-order chi connectivity index (χ0) is 22.0. The first kappa shape index (κ1) is 21.3. The van der Waals surface area contributed by atoms with Gasteiger partial charge < -0.3 is 19.7 Å². The van der Waals surface area contributed by atoms with Gasteiger partial charge in [0.2, 0.25) is 5.91 Å². The largest absolute Gasteiger partial charge is 0.489 e. The van der Waals surface area contributed by atoms with E-state index in [1.807, 2.05) is 50.2 Å². The molecule has 162 valence electrons. The lowest BCUT2D eigenvalue weighted by atomic mass is 10.0. The number of amides is 2. The Bertz CT molecular complexity index is 1110. The van der Waals surface area contributed by atoms with Crippen molar-refractivity contribution in [2.75, 3.05) is 25.0 Å². The number of benzene rings is 1. The smallest absolute Gasteiger partial charge is 0.266 e. The molecule has 8 heteroatoms. The fraction of sp³-hybridized carbons (Fsp3) is 0.348. The van der Waals surface area contributed by atoms with Gasteiger partial charge >= 0.3 is 0 Å². The van der Waals surface area contributed by atoms with Crippen molar-refractivity contribution in [3.05, 3.63) is 53.0 Å². The number of fused-ring (bicyclic) bond motifs is 1. The summed E-state index contributed by atoms with van der Waals surface area (Å²) < 4.78 is 11.8. The molecule has 1 N–H and O–H groups in total. The summed E-state index contributed by atoms with van der Waals surface area (Å²) in [6.45, 7) is 6.81. The molecule has 0 unspecified atom stereocenters. The average molecular weight is 440 g/mol. The van der Waals surface area contributed by atoms with Gasteiger partial charge in [0, 0.05) is 30.6 Å². The molecular weight excluding hydrogens is 414 g/mol. The lowest BCUT2D eigenvalue weighted by molar-refractivity contribution is -0.136. The van der Waals surface area contributed by atoms with Gasteiger partial charge in [-0.3, -0.25) is 9.59 Å². The number of anilines is 1. The van der Waals surface area contributed by atoms with Crippen LogP contribution in [-0.2, 0) is 9.53 Å². The van der Waals surface area contributed by atoms with Crippen LogP contribution in [0.4, 0.5) is 5.69 Å². The van der Waals surface area contributed by atoms with Crippen LogP contribution in [0.1, 0.15) is 42.1 Å². The number of hydrogen-bond acceptors (Lipinski definition) is 6. The molecule has 0 spiro atoms. The van der Waals surface area contributed by atoms with Crippen molar-refractivity contribution in [1.82, 2.24) is 9.88 Å². The standard InChI is InChI=1S/C23H25N3O4S/c1-14(2)30-18-9-5-4-8-17(18)25-22(28)21-20(16-7-6-10-24-23(16)31-21)19-13-26(15(3)27)11-12-29-19/h4-10,14,19H,11-13H2,1-3H3,(H,25,28)/t19-/m1/s1. The third kappa shape index (κ3) is 4.55. The van der Waals surface area contributed by atoms with Crippen molar-refractivity contribution in [1.29, 1.82) is 0 Å². The highest BCUT2D eigenvalue weighted by Gasteiger charge is 2.31. The van der Waals surface area contributed by atoms with E-state index in [1.165, 1.54) is 11.3 Å². The van der Waals surface area contributed by atoms with Crippen molar-refractivity contribution in [2.45, 2.75) is 33.0 Å². The van der Waals surface area contributed by atoms with Crippen LogP contribution < -0.4 is 10.1 Å². The molecule has 4 rings (SSSR count). The number of para-hydroxylation sites is 2. The summed E-state index contributed by atoms with van der Waals surface area (Å²) in [5, 5.41) is 3.86. The number of carbonyl (C=O) groups excluding carboxylic acids is 2. The van der Waals surface area contributed by atoms with Crippen LogP contribution in [-0.4, -0.2) is 47.5 Å². The lowest BCUT2D eigenvalue weighted by Crippen LogP contribution is -2.41. The second-order valence-corrected chi connectivity index (χ2v) is 8.64. The predicted molar refractivity (Wildman–Crippen MR) is 121 cm³/mol. The maximum Gasteiger partial charge on any atom is 0.266 e. The van der Waals surface area contributed by atoms with Crippen molar-refractivity contribution in [3.8, 4) is 5.75 Å². The molecule has 1 fully saturated rings. The molecule has 2 aromatic heterocycles. The SMILES string of the molecule is CC(=O)N1CCO[C@@H](c2c(C(=O)Nc3ccccc3OC(C)C)sc3ncccc23)C1. The van der Waals surface area contributed by atoms with Crippen molar-refractivity contribution >= 4 is 39.1 Å². The van der Waals surface area contributed by atoms with E-state index in [1.54, 1.807) is 18.0 Å². The highest BCUT2D eigenvalue weighted by atomic mass is 32.1. The first-order chi connectivity index (χ1) is 14.9. The monoisotopic (exact) mass is 439 g/mol. The zero-order valence-electron chi connectivity index (χ0n) is 17.8. The Balaban J connectivity index is 1.70. The molecule has 3 aromatic rings. The molecule has 0 bridgehead atoms. The van der Waals surface area contributed by atoms with Gasteiger partial charge in [0.05, 0.1) is 24.9 Å². The van der Waals surface area contributed by atoms with E-state index in [0.29, 0.717) is 36.0 Å². The summed E-state index contributed by atoms with van der Waals surface area (Å²) in [4.78, 5) is 32.8. The van der Waals surface area contributed by atoms with Crippen molar-refractivity contribution in [2.24, 2.45) is 0 Å². The second-order valence-electron chi connectivity index (χ2n) is 7.64. The first-order valence-electron chi connectivity index (χ1n) is 10.3. The Kier molecular flexibility index (Phi) is 6.20. The van der Waals surface area contributed by atoms with Crippen LogP contribution in [0, 0.1) is 0 Å². The van der Waals surface area contributed by atoms with Crippen molar-refractivity contribution in [3.63, 3.8) is 0 Å². The number of carbonyl (C=O) groups is 2. The molecule has 1 aliphatic rings.